The average molecular weight is 203 g/mol. The van der Waals surface area contributed by atoms with Crippen molar-refractivity contribution in [3.63, 3.8) is 0 Å². The van der Waals surface area contributed by atoms with Crippen LogP contribution in [0.25, 0.3) is 10.9 Å². The van der Waals surface area contributed by atoms with E-state index in [0.29, 0.717) is 0 Å². The minimum Gasteiger partial charge on any atom is -0.481 e. The first kappa shape index (κ1) is 9.77. The number of benzene rings is 1. The Morgan fingerprint density at radius 2 is 2.13 bits per heavy atom. The molecular weight excluding hydrogens is 190 g/mol. The first-order chi connectivity index (χ1) is 7.11. The molecule has 1 N–H and O–H groups in total. The summed E-state index contributed by atoms with van der Waals surface area (Å²) in [5, 5.41) is 10.1. The maximum atomic E-state index is 11.0. The Labute approximate surface area is 87.9 Å². The number of aliphatic carboxylic acids is 1. The van der Waals surface area contributed by atoms with Crippen molar-refractivity contribution in [1.82, 2.24) is 4.57 Å². The number of fused-ring (bicyclic) bond motifs is 1. The number of aryl methyl sites for hydroxylation is 1. The summed E-state index contributed by atoms with van der Waals surface area (Å²) in [6.45, 7) is 1.71. The topological polar surface area (TPSA) is 42.2 Å². The second kappa shape index (κ2) is 3.42. The number of carboxylic acid groups (broad SMARTS) is 1. The average Bonchev–Trinajstić information content (AvgIpc) is 2.59. The fourth-order valence-corrected chi connectivity index (χ4v) is 1.87. The number of rotatable bonds is 2. The first-order valence-corrected chi connectivity index (χ1v) is 4.88. The van der Waals surface area contributed by atoms with E-state index < -0.39 is 11.9 Å². The predicted octanol–water partition coefficient (Wildman–Crippen LogP) is 2.37. The summed E-state index contributed by atoms with van der Waals surface area (Å²) in [7, 11) is 1.93. The second-order valence-electron chi connectivity index (χ2n) is 3.77. The molecule has 3 heteroatoms. The van der Waals surface area contributed by atoms with Crippen LogP contribution in [0.4, 0.5) is 0 Å². The Bertz CT molecular complexity index is 513. The normalized spacial score (nSPS) is 12.9. The van der Waals surface area contributed by atoms with Gasteiger partial charge in [0.25, 0.3) is 0 Å². The maximum Gasteiger partial charge on any atom is 0.310 e. The maximum absolute atomic E-state index is 11.0. The Kier molecular flexibility index (Phi) is 2.23. The molecule has 0 saturated carbocycles. The highest BCUT2D eigenvalue weighted by Gasteiger charge is 2.17. The molecule has 2 rings (SSSR count). The monoisotopic (exact) mass is 203 g/mol. The van der Waals surface area contributed by atoms with Crippen LogP contribution in [0.15, 0.2) is 30.5 Å². The van der Waals surface area contributed by atoms with Crippen LogP contribution in [0.5, 0.6) is 0 Å². The summed E-state index contributed by atoms with van der Waals surface area (Å²) in [5.74, 6) is -1.26. The summed E-state index contributed by atoms with van der Waals surface area (Å²) in [6, 6.07) is 7.76. The molecule has 0 aliphatic rings. The number of carboxylic acids is 1. The molecule has 1 atom stereocenters. The van der Waals surface area contributed by atoms with Gasteiger partial charge >= 0.3 is 5.97 Å². The third-order valence-corrected chi connectivity index (χ3v) is 2.77. The van der Waals surface area contributed by atoms with Crippen LogP contribution >= 0.6 is 0 Å². The van der Waals surface area contributed by atoms with Crippen molar-refractivity contribution >= 4 is 16.9 Å². The molecule has 2 aromatic rings. The predicted molar refractivity (Wildman–Crippen MR) is 59.0 cm³/mol. The van der Waals surface area contributed by atoms with E-state index in [1.54, 1.807) is 6.92 Å². The van der Waals surface area contributed by atoms with Crippen molar-refractivity contribution < 1.29 is 9.90 Å². The van der Waals surface area contributed by atoms with E-state index in [9.17, 15) is 4.79 Å². The fraction of sp³-hybridized carbons (Fsp3) is 0.250. The van der Waals surface area contributed by atoms with Crippen LogP contribution in [0.1, 0.15) is 18.4 Å². The van der Waals surface area contributed by atoms with Crippen molar-refractivity contribution in [2.24, 2.45) is 7.05 Å². The minimum atomic E-state index is -0.788. The van der Waals surface area contributed by atoms with E-state index in [1.807, 2.05) is 42.1 Å². The molecule has 0 aliphatic heterocycles. The molecule has 0 aliphatic carbocycles. The van der Waals surface area contributed by atoms with Crippen LogP contribution in [-0.4, -0.2) is 15.6 Å². The second-order valence-corrected chi connectivity index (χ2v) is 3.77. The summed E-state index contributed by atoms with van der Waals surface area (Å²) in [5.41, 5.74) is 1.87. The Hall–Kier alpha value is -1.77. The number of hydrogen-bond acceptors (Lipinski definition) is 1. The Balaban J connectivity index is 2.69. The lowest BCUT2D eigenvalue weighted by Gasteiger charge is -2.09. The molecule has 1 heterocycles. The first-order valence-electron chi connectivity index (χ1n) is 4.88. The smallest absolute Gasteiger partial charge is 0.310 e. The molecule has 1 aromatic heterocycles. The zero-order valence-corrected chi connectivity index (χ0v) is 8.77. The van der Waals surface area contributed by atoms with E-state index in [2.05, 4.69) is 0 Å². The fourth-order valence-electron chi connectivity index (χ4n) is 1.87. The molecule has 78 valence electrons. The highest BCUT2D eigenvalue weighted by Crippen LogP contribution is 2.25. The Morgan fingerprint density at radius 1 is 1.40 bits per heavy atom. The van der Waals surface area contributed by atoms with Crippen LogP contribution < -0.4 is 0 Å². The van der Waals surface area contributed by atoms with E-state index in [0.717, 1.165) is 16.5 Å². The van der Waals surface area contributed by atoms with Crippen molar-refractivity contribution in [2.45, 2.75) is 12.8 Å². The highest BCUT2D eigenvalue weighted by molar-refractivity contribution is 5.88. The van der Waals surface area contributed by atoms with Crippen molar-refractivity contribution in [1.29, 1.82) is 0 Å². The lowest BCUT2D eigenvalue weighted by Crippen LogP contribution is -2.08. The number of para-hydroxylation sites is 1. The lowest BCUT2D eigenvalue weighted by atomic mass is 9.99. The van der Waals surface area contributed by atoms with E-state index in [-0.39, 0.29) is 0 Å². The lowest BCUT2D eigenvalue weighted by molar-refractivity contribution is -0.138. The molecule has 3 nitrogen and oxygen atoms in total. The van der Waals surface area contributed by atoms with Gasteiger partial charge in [0.1, 0.15) is 0 Å². The summed E-state index contributed by atoms with van der Waals surface area (Å²) in [4.78, 5) is 11.0. The highest BCUT2D eigenvalue weighted by atomic mass is 16.4. The van der Waals surface area contributed by atoms with E-state index in [1.165, 1.54) is 0 Å². The van der Waals surface area contributed by atoms with Crippen molar-refractivity contribution in [2.75, 3.05) is 0 Å². The van der Waals surface area contributed by atoms with Crippen LogP contribution in [0, 0.1) is 0 Å². The summed E-state index contributed by atoms with van der Waals surface area (Å²) < 4.78 is 1.96. The van der Waals surface area contributed by atoms with Crippen LogP contribution in [-0.2, 0) is 11.8 Å². The molecule has 0 radical (unpaired) electrons. The molecule has 0 fully saturated rings. The van der Waals surface area contributed by atoms with Gasteiger partial charge < -0.3 is 9.67 Å². The largest absolute Gasteiger partial charge is 0.481 e. The van der Waals surface area contributed by atoms with Gasteiger partial charge in [-0.15, -0.1) is 0 Å². The van der Waals surface area contributed by atoms with Gasteiger partial charge in [0, 0.05) is 13.2 Å². The summed E-state index contributed by atoms with van der Waals surface area (Å²) in [6.07, 6.45) is 1.95. The van der Waals surface area contributed by atoms with Crippen molar-refractivity contribution in [3.8, 4) is 0 Å². The minimum absolute atomic E-state index is 0.470. The van der Waals surface area contributed by atoms with Gasteiger partial charge in [-0.3, -0.25) is 4.79 Å². The zero-order valence-electron chi connectivity index (χ0n) is 8.77. The van der Waals surface area contributed by atoms with Crippen molar-refractivity contribution in [3.05, 3.63) is 36.0 Å². The van der Waals surface area contributed by atoms with Crippen LogP contribution in [0.2, 0.25) is 0 Å². The number of aromatic nitrogens is 1. The quantitative estimate of drug-likeness (QED) is 0.814. The van der Waals surface area contributed by atoms with Gasteiger partial charge in [-0.25, -0.2) is 0 Å². The molecular formula is C12H13NO2. The zero-order chi connectivity index (χ0) is 11.0. The van der Waals surface area contributed by atoms with Gasteiger partial charge in [0.2, 0.25) is 0 Å². The van der Waals surface area contributed by atoms with Gasteiger partial charge in [0.05, 0.1) is 11.4 Å². The third-order valence-electron chi connectivity index (χ3n) is 2.77. The molecule has 0 amide bonds. The SMILES string of the molecule is CC(C(=O)O)c1cccc2ccn(C)c12. The number of nitrogens with zero attached hydrogens (tertiary/aromatic N) is 1. The molecule has 0 saturated heterocycles. The van der Waals surface area contributed by atoms with Gasteiger partial charge in [-0.1, -0.05) is 18.2 Å². The van der Waals surface area contributed by atoms with Gasteiger partial charge in [-0.2, -0.15) is 0 Å². The molecule has 15 heavy (non-hydrogen) atoms. The Morgan fingerprint density at radius 3 is 2.80 bits per heavy atom. The van der Waals surface area contributed by atoms with E-state index >= 15 is 0 Å². The summed E-state index contributed by atoms with van der Waals surface area (Å²) >= 11 is 0. The molecule has 1 aromatic carbocycles. The van der Waals surface area contributed by atoms with E-state index in [4.69, 9.17) is 5.11 Å². The third kappa shape index (κ3) is 1.50. The van der Waals surface area contributed by atoms with Gasteiger partial charge in [-0.05, 0) is 23.9 Å². The van der Waals surface area contributed by atoms with Crippen LogP contribution in [0.3, 0.4) is 0 Å². The number of hydrogen-bond donors (Lipinski definition) is 1. The standard InChI is InChI=1S/C12H13NO2/c1-8(12(14)15)10-5-3-4-9-6-7-13(2)11(9)10/h3-8H,1-2H3,(H,14,15). The van der Waals surface area contributed by atoms with Gasteiger partial charge in [0.15, 0.2) is 0 Å². The molecule has 0 bridgehead atoms. The molecule has 0 spiro atoms. The molecule has 1 unspecified atom stereocenters. The number of carbonyl (C=O) groups is 1.